The van der Waals surface area contributed by atoms with E-state index in [1.165, 1.54) is 12.1 Å². The Morgan fingerprint density at radius 2 is 1.88 bits per heavy atom. The van der Waals surface area contributed by atoms with Crippen LogP contribution in [0, 0.1) is 5.92 Å². The lowest BCUT2D eigenvalue weighted by molar-refractivity contribution is -0.137. The monoisotopic (exact) mass is 341 g/mol. The molecule has 1 aromatic carbocycles. The van der Waals surface area contributed by atoms with Crippen LogP contribution in [0.1, 0.15) is 23.5 Å². The molecule has 0 radical (unpaired) electrons. The van der Waals surface area contributed by atoms with Crippen LogP contribution >= 0.6 is 0 Å². The zero-order chi connectivity index (χ0) is 17.2. The average Bonchev–Trinajstić information content (AvgIpc) is 3.36. The molecule has 4 nitrogen and oxygen atoms in total. The van der Waals surface area contributed by atoms with Crippen molar-refractivity contribution in [3.05, 3.63) is 35.4 Å². The maximum atomic E-state index is 12.6. The van der Waals surface area contributed by atoms with Crippen LogP contribution in [0.3, 0.4) is 0 Å². The highest BCUT2D eigenvalue weighted by atomic mass is 19.4. The highest BCUT2D eigenvalue weighted by Gasteiger charge is 2.44. The van der Waals surface area contributed by atoms with Crippen molar-refractivity contribution >= 4 is 5.91 Å². The summed E-state index contributed by atoms with van der Waals surface area (Å²) in [5, 5.41) is 6.23. The molecule has 2 fully saturated rings. The summed E-state index contributed by atoms with van der Waals surface area (Å²) in [7, 11) is 0. The van der Waals surface area contributed by atoms with Gasteiger partial charge in [0, 0.05) is 45.2 Å². The van der Waals surface area contributed by atoms with Crippen LogP contribution < -0.4 is 10.6 Å². The van der Waals surface area contributed by atoms with Crippen molar-refractivity contribution in [2.75, 3.05) is 39.3 Å². The molecule has 1 amide bonds. The molecule has 0 aromatic heterocycles. The summed E-state index contributed by atoms with van der Waals surface area (Å²) < 4.78 is 37.7. The Bertz CT molecular complexity index is 567. The molecule has 24 heavy (non-hydrogen) atoms. The number of carbonyl (C=O) groups excluding carboxylic acids is 1. The number of nitrogens with zero attached hydrogens (tertiary/aromatic N) is 1. The lowest BCUT2D eigenvalue weighted by Gasteiger charge is -2.27. The fraction of sp³-hybridized carbons (Fsp3) is 0.588. The van der Waals surface area contributed by atoms with Crippen molar-refractivity contribution < 1.29 is 18.0 Å². The van der Waals surface area contributed by atoms with E-state index in [9.17, 15) is 18.0 Å². The molecule has 3 rings (SSSR count). The average molecular weight is 341 g/mol. The first kappa shape index (κ1) is 17.2. The molecular formula is C17H22F3N3O. The van der Waals surface area contributed by atoms with E-state index in [2.05, 4.69) is 15.5 Å². The number of piperazine rings is 1. The van der Waals surface area contributed by atoms with E-state index in [0.717, 1.165) is 50.4 Å². The maximum Gasteiger partial charge on any atom is 0.416 e. The first-order valence-corrected chi connectivity index (χ1v) is 8.33. The summed E-state index contributed by atoms with van der Waals surface area (Å²) in [5.41, 5.74) is 0.161. The number of hydrogen-bond acceptors (Lipinski definition) is 3. The second-order valence-corrected chi connectivity index (χ2v) is 6.45. The zero-order valence-corrected chi connectivity index (χ0v) is 13.4. The molecule has 7 heteroatoms. The number of carbonyl (C=O) groups is 1. The standard InChI is InChI=1S/C17H22F3N3O/c18-17(19,20)13-3-1-12(2-4-13)14-11-15(14)16(24)22-7-10-23-8-5-21-6-9-23/h1-4,14-15,21H,5-11H2,(H,22,24)/t14-,15-/m1/s1. The molecule has 0 unspecified atom stereocenters. The quantitative estimate of drug-likeness (QED) is 0.859. The molecule has 132 valence electrons. The minimum atomic E-state index is -4.32. The molecule has 1 aliphatic heterocycles. The largest absolute Gasteiger partial charge is 0.416 e. The summed E-state index contributed by atoms with van der Waals surface area (Å²) in [6.07, 6.45) is -3.60. The molecule has 2 N–H and O–H groups in total. The Morgan fingerprint density at radius 3 is 2.50 bits per heavy atom. The third-order valence-corrected chi connectivity index (χ3v) is 4.73. The second kappa shape index (κ2) is 7.11. The first-order chi connectivity index (χ1) is 11.4. The lowest BCUT2D eigenvalue weighted by atomic mass is 10.1. The van der Waals surface area contributed by atoms with Gasteiger partial charge in [-0.1, -0.05) is 12.1 Å². The van der Waals surface area contributed by atoms with Gasteiger partial charge in [0.25, 0.3) is 0 Å². The van der Waals surface area contributed by atoms with Crippen molar-refractivity contribution in [1.29, 1.82) is 0 Å². The fourth-order valence-electron chi connectivity index (χ4n) is 3.18. The smallest absolute Gasteiger partial charge is 0.355 e. The van der Waals surface area contributed by atoms with E-state index in [4.69, 9.17) is 0 Å². The summed E-state index contributed by atoms with van der Waals surface area (Å²) >= 11 is 0. The molecule has 1 heterocycles. The Morgan fingerprint density at radius 1 is 1.21 bits per heavy atom. The topological polar surface area (TPSA) is 44.4 Å². The summed E-state index contributed by atoms with van der Waals surface area (Å²) in [6.45, 7) is 5.40. The highest BCUT2D eigenvalue weighted by molar-refractivity contribution is 5.82. The maximum absolute atomic E-state index is 12.6. The van der Waals surface area contributed by atoms with Crippen LogP contribution in [0.5, 0.6) is 0 Å². The van der Waals surface area contributed by atoms with Crippen LogP contribution in [-0.4, -0.2) is 50.1 Å². The van der Waals surface area contributed by atoms with Gasteiger partial charge in [0.05, 0.1) is 5.56 Å². The van der Waals surface area contributed by atoms with Gasteiger partial charge in [-0.15, -0.1) is 0 Å². The number of nitrogens with one attached hydrogen (secondary N) is 2. The highest BCUT2D eigenvalue weighted by Crippen LogP contribution is 2.47. The minimum absolute atomic E-state index is 0.00929. The van der Waals surface area contributed by atoms with Gasteiger partial charge in [0.1, 0.15) is 0 Å². The molecule has 1 aliphatic carbocycles. The number of rotatable bonds is 5. The minimum Gasteiger partial charge on any atom is -0.355 e. The van der Waals surface area contributed by atoms with Crippen molar-refractivity contribution in [2.45, 2.75) is 18.5 Å². The van der Waals surface area contributed by atoms with Crippen molar-refractivity contribution in [3.8, 4) is 0 Å². The van der Waals surface area contributed by atoms with Gasteiger partial charge >= 0.3 is 6.18 Å². The third-order valence-electron chi connectivity index (χ3n) is 4.73. The van der Waals surface area contributed by atoms with Gasteiger partial charge in [-0.25, -0.2) is 0 Å². The summed E-state index contributed by atoms with van der Waals surface area (Å²) in [4.78, 5) is 14.4. The van der Waals surface area contributed by atoms with Gasteiger partial charge in [0.15, 0.2) is 0 Å². The van der Waals surface area contributed by atoms with Crippen LogP contribution in [0.2, 0.25) is 0 Å². The Labute approximate surface area is 139 Å². The number of benzene rings is 1. The second-order valence-electron chi connectivity index (χ2n) is 6.45. The van der Waals surface area contributed by atoms with Crippen LogP contribution in [0.25, 0.3) is 0 Å². The zero-order valence-electron chi connectivity index (χ0n) is 13.4. The van der Waals surface area contributed by atoms with Gasteiger partial charge in [0.2, 0.25) is 5.91 Å². The number of hydrogen-bond donors (Lipinski definition) is 2. The Hall–Kier alpha value is -1.60. The summed E-state index contributed by atoms with van der Waals surface area (Å²) in [6, 6.07) is 5.16. The molecule has 2 atom stereocenters. The fourth-order valence-corrected chi connectivity index (χ4v) is 3.18. The molecule has 1 saturated heterocycles. The molecular weight excluding hydrogens is 319 g/mol. The molecule has 2 aliphatic rings. The van der Waals surface area contributed by atoms with E-state index >= 15 is 0 Å². The SMILES string of the molecule is O=C(NCCN1CCNCC1)[C@@H]1C[C@@H]1c1ccc(C(F)(F)F)cc1. The van der Waals surface area contributed by atoms with Gasteiger partial charge < -0.3 is 10.6 Å². The summed E-state index contributed by atoms with van der Waals surface area (Å²) in [5.74, 6) is -0.0498. The molecule has 1 saturated carbocycles. The Balaban J connectivity index is 1.43. The van der Waals surface area contributed by atoms with E-state index < -0.39 is 11.7 Å². The van der Waals surface area contributed by atoms with Crippen molar-refractivity contribution in [2.24, 2.45) is 5.92 Å². The van der Waals surface area contributed by atoms with Gasteiger partial charge in [-0.3, -0.25) is 9.69 Å². The van der Waals surface area contributed by atoms with Gasteiger partial charge in [-0.05, 0) is 30.0 Å². The van der Waals surface area contributed by atoms with Crippen LogP contribution in [0.15, 0.2) is 24.3 Å². The van der Waals surface area contributed by atoms with Crippen LogP contribution in [0.4, 0.5) is 13.2 Å². The van der Waals surface area contributed by atoms with E-state index in [1.54, 1.807) is 0 Å². The normalized spacial score (nSPS) is 24.6. The van der Waals surface area contributed by atoms with E-state index in [0.29, 0.717) is 13.0 Å². The van der Waals surface area contributed by atoms with Crippen molar-refractivity contribution in [1.82, 2.24) is 15.5 Å². The van der Waals surface area contributed by atoms with E-state index in [-0.39, 0.29) is 17.7 Å². The lowest BCUT2D eigenvalue weighted by Crippen LogP contribution is -2.46. The van der Waals surface area contributed by atoms with Crippen molar-refractivity contribution in [3.63, 3.8) is 0 Å². The van der Waals surface area contributed by atoms with Crippen LogP contribution in [-0.2, 0) is 11.0 Å². The predicted molar refractivity (Wildman–Crippen MR) is 84.6 cm³/mol. The first-order valence-electron chi connectivity index (χ1n) is 8.33. The number of amides is 1. The Kier molecular flexibility index (Phi) is 5.10. The molecule has 0 bridgehead atoms. The van der Waals surface area contributed by atoms with E-state index in [1.807, 2.05) is 0 Å². The number of alkyl halides is 3. The molecule has 0 spiro atoms. The molecule has 1 aromatic rings. The predicted octanol–water partition coefficient (Wildman–Crippen LogP) is 1.83. The third kappa shape index (κ3) is 4.27. The van der Waals surface area contributed by atoms with Gasteiger partial charge in [-0.2, -0.15) is 13.2 Å². The number of halogens is 3.